The van der Waals surface area contributed by atoms with Crippen molar-refractivity contribution in [2.75, 3.05) is 56.5 Å². The van der Waals surface area contributed by atoms with Crippen LogP contribution in [-0.4, -0.2) is 157 Å². The van der Waals surface area contributed by atoms with E-state index in [9.17, 15) is 33.6 Å². The molecule has 3 aliphatic heterocycles. The summed E-state index contributed by atoms with van der Waals surface area (Å²) in [7, 11) is 0. The van der Waals surface area contributed by atoms with Gasteiger partial charge in [-0.25, -0.2) is 18.8 Å². The molecule has 568 valence electrons. The third-order valence-corrected chi connectivity index (χ3v) is 19.8. The maximum atomic E-state index is 13.7. The van der Waals surface area contributed by atoms with Crippen molar-refractivity contribution in [3.05, 3.63) is 212 Å². The van der Waals surface area contributed by atoms with E-state index in [1.807, 2.05) is 102 Å². The largest absolute Gasteiger partial charge is 0.473 e. The zero-order valence-electron chi connectivity index (χ0n) is 62.4. The molecule has 26 heteroatoms. The summed E-state index contributed by atoms with van der Waals surface area (Å²) in [4.78, 5) is 92.9. The van der Waals surface area contributed by atoms with E-state index in [-0.39, 0.29) is 129 Å². The second-order valence-electron chi connectivity index (χ2n) is 29.7. The van der Waals surface area contributed by atoms with Gasteiger partial charge in [-0.3, -0.25) is 28.8 Å². The molecule has 3 aliphatic carbocycles. The Labute approximate surface area is 633 Å². The Morgan fingerprint density at radius 1 is 0.394 bits per heavy atom. The molecule has 3 saturated carbocycles. The van der Waals surface area contributed by atoms with Gasteiger partial charge in [-0.1, -0.05) is 109 Å². The first kappa shape index (κ1) is 75.6. The summed E-state index contributed by atoms with van der Waals surface area (Å²) in [5.74, 6) is -0.104. The van der Waals surface area contributed by atoms with Gasteiger partial charge >= 0.3 is 6.09 Å². The summed E-state index contributed by atoms with van der Waals surface area (Å²) in [5, 5.41) is 29.6. The van der Waals surface area contributed by atoms with Crippen LogP contribution in [0.25, 0.3) is 17.1 Å². The van der Waals surface area contributed by atoms with Gasteiger partial charge in [0.1, 0.15) is 58.1 Å². The van der Waals surface area contributed by atoms with Gasteiger partial charge in [0.05, 0.1) is 17.1 Å². The number of likely N-dealkylation sites (tertiary alicyclic amines) is 1. The number of carbonyl (C=O) groups is 7. The van der Waals surface area contributed by atoms with Gasteiger partial charge in [0.25, 0.3) is 17.7 Å². The van der Waals surface area contributed by atoms with Crippen LogP contribution >= 0.6 is 0 Å². The predicted molar refractivity (Wildman–Crippen MR) is 414 cm³/mol. The highest BCUT2D eigenvalue weighted by Gasteiger charge is 2.36. The lowest BCUT2D eigenvalue weighted by Gasteiger charge is -2.33. The number of amides is 4. The maximum Gasteiger partial charge on any atom is 0.410 e. The van der Waals surface area contributed by atoms with Crippen molar-refractivity contribution >= 4 is 58.6 Å². The number of rotatable bonds is 21. The van der Waals surface area contributed by atoms with Crippen LogP contribution < -0.4 is 58.0 Å². The van der Waals surface area contributed by atoms with Crippen molar-refractivity contribution in [1.82, 2.24) is 60.8 Å². The number of nitrogen functional groups attached to an aromatic ring is 3. The number of ether oxygens (including phenoxy) is 4. The number of hydrogen-bond donors (Lipinski definition) is 8. The highest BCUT2D eigenvalue weighted by Crippen LogP contribution is 2.37. The number of piperidine rings is 3. The minimum atomic E-state index is -0.574. The van der Waals surface area contributed by atoms with Crippen molar-refractivity contribution < 1.29 is 52.5 Å². The fourth-order valence-corrected chi connectivity index (χ4v) is 13.1. The normalized spacial score (nSPS) is 16.1. The highest BCUT2D eigenvalue weighted by molar-refractivity contribution is 6.15. The number of ketones is 3. The van der Waals surface area contributed by atoms with Gasteiger partial charge < -0.3 is 67.6 Å². The van der Waals surface area contributed by atoms with Crippen LogP contribution in [0.2, 0.25) is 0 Å². The molecule has 6 aromatic carbocycles. The SMILES string of the molecule is Cc1ccc(C(=O)NC2CC2)cc1-n1nc(OC2CCN(C(=O)OC(C)(C)C)CC2)c(C(=O)c2ccccc2)c1N.Cc1ccc(C(=O)NC2CC2)cc1-n1nc(OC2CCNCC2)c(C(=O)c2ccccc2)c1N.Cc1ccc(C(=O)NC2CC2)cc1-n1nc(OC2CCNCC2)c(C(=O)c2ccccc2)c1N. The average Bonchev–Trinajstić information content (AvgIpc) is 1.63. The molecular formula is C83H95N15O11. The Morgan fingerprint density at radius 2 is 0.679 bits per heavy atom. The molecule has 0 radical (unpaired) electrons. The number of nitrogens with one attached hydrogen (secondary N) is 5. The molecule has 0 unspecified atom stereocenters. The topological polar surface area (TPSA) is 351 Å². The minimum Gasteiger partial charge on any atom is -0.473 e. The van der Waals surface area contributed by atoms with Crippen molar-refractivity contribution in [2.45, 2.75) is 161 Å². The van der Waals surface area contributed by atoms with E-state index in [4.69, 9.17) is 36.1 Å². The van der Waals surface area contributed by atoms with Crippen LogP contribution in [0.15, 0.2) is 146 Å². The monoisotopic (exact) mass is 1480 g/mol. The number of aromatic nitrogens is 6. The van der Waals surface area contributed by atoms with Gasteiger partial charge in [-0.15, -0.1) is 15.3 Å². The Balaban J connectivity index is 0.000000145. The van der Waals surface area contributed by atoms with Gasteiger partial charge in [-0.05, 0) is 185 Å². The number of aryl methyl sites for hydroxylation is 3. The van der Waals surface area contributed by atoms with E-state index in [1.165, 1.54) is 14.0 Å². The summed E-state index contributed by atoms with van der Waals surface area (Å²) in [6, 6.07) is 43.7. The molecule has 0 atom stereocenters. The second-order valence-corrected chi connectivity index (χ2v) is 29.7. The van der Waals surface area contributed by atoms with Crippen molar-refractivity contribution in [3.8, 4) is 34.7 Å². The third kappa shape index (κ3) is 18.5. The average molecular weight is 1480 g/mol. The first-order chi connectivity index (χ1) is 52.5. The van der Waals surface area contributed by atoms with Gasteiger partial charge in [0.2, 0.25) is 35.0 Å². The Hall–Kier alpha value is -11.6. The Morgan fingerprint density at radius 3 is 0.954 bits per heavy atom. The van der Waals surface area contributed by atoms with E-state index in [0.29, 0.717) is 76.4 Å². The van der Waals surface area contributed by atoms with E-state index in [2.05, 4.69) is 41.9 Å². The molecule has 109 heavy (non-hydrogen) atoms. The lowest BCUT2D eigenvalue weighted by Crippen LogP contribution is -2.44. The predicted octanol–water partition coefficient (Wildman–Crippen LogP) is 10.7. The fourth-order valence-electron chi connectivity index (χ4n) is 13.1. The Bertz CT molecular complexity index is 4630. The van der Waals surface area contributed by atoms with Crippen molar-refractivity contribution in [3.63, 3.8) is 0 Å². The standard InChI is InChI=1S/C31H37N5O5.2C26H29N5O3/c1-19-10-11-21(28(38)33-22-12-13-22)18-24(19)36-27(32)25(26(37)20-8-6-5-7-9-20)29(34-36)40-23-14-16-35(17-15-23)30(39)41-31(2,3)4;2*1-16-7-8-18(25(33)29-19-9-10-19)15-21(16)31-24(27)22(23(32)17-5-3-2-4-6-17)26(30-31)34-20-11-13-28-14-12-20/h5-11,18,22-23H,12-17,32H2,1-4H3,(H,33,38);2*2-8,15,19-20,28H,9-14,27H2,1H3,(H,29,33). The number of nitrogens with zero attached hydrogens (tertiary/aromatic N) is 7. The first-order valence-corrected chi connectivity index (χ1v) is 37.6. The quantitative estimate of drug-likeness (QED) is 0.0310. The lowest BCUT2D eigenvalue weighted by molar-refractivity contribution is 0.0122. The molecule has 15 rings (SSSR count). The fraction of sp³-hybridized carbons (Fsp3) is 0.373. The number of benzene rings is 6. The minimum absolute atomic E-state index is 0.0527. The van der Waals surface area contributed by atoms with Crippen LogP contribution in [0.4, 0.5) is 22.2 Å². The third-order valence-electron chi connectivity index (χ3n) is 19.8. The Kier molecular flexibility index (Phi) is 23.1. The van der Waals surface area contributed by atoms with Gasteiger partial charge in [0, 0.05) is 77.4 Å². The van der Waals surface area contributed by atoms with Crippen LogP contribution in [-0.2, 0) is 4.74 Å². The van der Waals surface area contributed by atoms with Crippen molar-refractivity contribution in [1.29, 1.82) is 0 Å². The highest BCUT2D eigenvalue weighted by atomic mass is 16.6. The van der Waals surface area contributed by atoms with E-state index in [0.717, 1.165) is 107 Å². The molecule has 6 aliphatic rings. The molecule has 11 N–H and O–H groups in total. The second kappa shape index (κ2) is 33.2. The van der Waals surface area contributed by atoms with Crippen LogP contribution in [0, 0.1) is 20.8 Å². The summed E-state index contributed by atoms with van der Waals surface area (Å²) >= 11 is 0. The van der Waals surface area contributed by atoms with E-state index >= 15 is 0 Å². The zero-order valence-corrected chi connectivity index (χ0v) is 62.4. The van der Waals surface area contributed by atoms with Gasteiger partial charge in [0.15, 0.2) is 0 Å². The number of carbonyl (C=O) groups excluding carboxylic acids is 7. The van der Waals surface area contributed by atoms with E-state index in [1.54, 1.807) is 89.8 Å². The number of anilines is 3. The zero-order chi connectivity index (χ0) is 76.6. The smallest absolute Gasteiger partial charge is 0.410 e. The molecule has 26 nitrogen and oxygen atoms in total. The molecule has 3 saturated heterocycles. The molecule has 0 spiro atoms. The molecule has 0 bridgehead atoms. The lowest BCUT2D eigenvalue weighted by atomic mass is 10.0. The summed E-state index contributed by atoms with van der Waals surface area (Å²) in [6.45, 7) is 15.5. The summed E-state index contributed by atoms with van der Waals surface area (Å²) in [5.41, 5.74) is 27.3. The summed E-state index contributed by atoms with van der Waals surface area (Å²) in [6.07, 6.45) is 9.65. The molecule has 9 aromatic rings. The van der Waals surface area contributed by atoms with Crippen LogP contribution in [0.3, 0.4) is 0 Å². The molecule has 6 heterocycles. The van der Waals surface area contributed by atoms with E-state index < -0.39 is 5.60 Å². The number of hydrogen-bond acceptors (Lipinski definition) is 19. The van der Waals surface area contributed by atoms with Crippen LogP contribution in [0.1, 0.15) is 193 Å². The molecule has 3 aromatic heterocycles. The molecule has 4 amide bonds. The van der Waals surface area contributed by atoms with Crippen LogP contribution in [0.5, 0.6) is 17.6 Å². The van der Waals surface area contributed by atoms with Crippen molar-refractivity contribution in [2.24, 2.45) is 0 Å². The maximum absolute atomic E-state index is 13.7. The molecular weight excluding hydrogens is 1380 g/mol. The first-order valence-electron chi connectivity index (χ1n) is 37.6. The summed E-state index contributed by atoms with van der Waals surface area (Å²) < 4.78 is 28.8. The van der Waals surface area contributed by atoms with Gasteiger partial charge in [-0.2, -0.15) is 0 Å². The molecule has 6 fully saturated rings. The number of nitrogens with two attached hydrogens (primary N) is 3.